The van der Waals surface area contributed by atoms with Crippen LogP contribution in [-0.2, 0) is 4.79 Å². The molecule has 0 spiro atoms. The number of ether oxygens (including phenoxy) is 1. The van der Waals surface area contributed by atoms with E-state index < -0.39 is 12.1 Å². The van der Waals surface area contributed by atoms with Crippen LogP contribution < -0.4 is 4.74 Å². The Morgan fingerprint density at radius 2 is 1.67 bits per heavy atom. The molecule has 1 aromatic heterocycles. The van der Waals surface area contributed by atoms with Crippen molar-refractivity contribution >= 4 is 17.5 Å². The predicted octanol–water partition coefficient (Wildman–Crippen LogP) is 5.78. The van der Waals surface area contributed by atoms with Gasteiger partial charge in [0.15, 0.2) is 0 Å². The second-order valence-electron chi connectivity index (χ2n) is 8.09. The molecule has 4 rings (SSSR count). The number of nitrogens with zero attached hydrogens (tertiary/aromatic N) is 3. The lowest BCUT2D eigenvalue weighted by Crippen LogP contribution is -2.45. The summed E-state index contributed by atoms with van der Waals surface area (Å²) in [7, 11) is 1.59. The van der Waals surface area contributed by atoms with Crippen molar-refractivity contribution < 1.29 is 22.7 Å². The molecule has 1 amide bonds. The summed E-state index contributed by atoms with van der Waals surface area (Å²) in [5.41, 5.74) is 4.11. The Morgan fingerprint density at radius 1 is 1.06 bits per heavy atom. The van der Waals surface area contributed by atoms with E-state index in [1.54, 1.807) is 11.8 Å². The molecule has 9 heteroatoms. The standard InChI is InChI=1S/C24H23ClF3N3O2/c1-15-3-5-17(6-4-15)22-20(25)21(29-31(22)18-7-9-19(33-2)10-8-18)16-11-13-30(14-12-16)23(32)24(26,27)28/h3-10,16H,11-14H2,1-2H3. The second-order valence-corrected chi connectivity index (χ2v) is 8.47. The summed E-state index contributed by atoms with van der Waals surface area (Å²) in [5, 5.41) is 5.26. The van der Waals surface area contributed by atoms with E-state index in [-0.39, 0.29) is 19.0 Å². The van der Waals surface area contributed by atoms with E-state index in [0.29, 0.717) is 35.0 Å². The van der Waals surface area contributed by atoms with Crippen molar-refractivity contribution in [2.45, 2.75) is 31.9 Å². The minimum Gasteiger partial charge on any atom is -0.497 e. The molecule has 0 saturated carbocycles. The molecule has 5 nitrogen and oxygen atoms in total. The van der Waals surface area contributed by atoms with Crippen molar-refractivity contribution in [2.75, 3.05) is 20.2 Å². The van der Waals surface area contributed by atoms with E-state index in [1.807, 2.05) is 55.5 Å². The molecule has 0 atom stereocenters. The highest BCUT2D eigenvalue weighted by Gasteiger charge is 2.43. The molecule has 174 valence electrons. The summed E-state index contributed by atoms with van der Waals surface area (Å²) < 4.78 is 45.4. The highest BCUT2D eigenvalue weighted by Crippen LogP contribution is 2.40. The summed E-state index contributed by atoms with van der Waals surface area (Å²) in [6.07, 6.45) is -4.15. The predicted molar refractivity (Wildman–Crippen MR) is 120 cm³/mol. The lowest BCUT2D eigenvalue weighted by Gasteiger charge is -2.31. The maximum Gasteiger partial charge on any atom is 0.471 e. The number of halogens is 4. The Hall–Kier alpha value is -3.00. The number of benzene rings is 2. The number of piperidine rings is 1. The van der Waals surface area contributed by atoms with Crippen molar-refractivity contribution in [2.24, 2.45) is 0 Å². The van der Waals surface area contributed by atoms with Crippen LogP contribution in [0, 0.1) is 6.92 Å². The molecule has 0 radical (unpaired) electrons. The van der Waals surface area contributed by atoms with Crippen molar-refractivity contribution in [3.63, 3.8) is 0 Å². The lowest BCUT2D eigenvalue weighted by atomic mass is 9.93. The summed E-state index contributed by atoms with van der Waals surface area (Å²) >= 11 is 6.85. The molecule has 1 aliphatic rings. The van der Waals surface area contributed by atoms with Gasteiger partial charge < -0.3 is 9.64 Å². The summed E-state index contributed by atoms with van der Waals surface area (Å²) in [6.45, 7) is 2.01. The van der Waals surface area contributed by atoms with Crippen LogP contribution in [0.4, 0.5) is 13.2 Å². The average Bonchev–Trinajstić information content (AvgIpc) is 3.15. The van der Waals surface area contributed by atoms with E-state index in [1.165, 1.54) is 0 Å². The first kappa shape index (κ1) is 23.2. The quantitative estimate of drug-likeness (QED) is 0.478. The third kappa shape index (κ3) is 4.71. The number of hydrogen-bond acceptors (Lipinski definition) is 3. The number of methoxy groups -OCH3 is 1. The van der Waals surface area contributed by atoms with E-state index in [2.05, 4.69) is 0 Å². The molecule has 0 bridgehead atoms. The van der Waals surface area contributed by atoms with Crippen LogP contribution in [0.2, 0.25) is 5.02 Å². The van der Waals surface area contributed by atoms with Crippen LogP contribution >= 0.6 is 11.6 Å². The summed E-state index contributed by atoms with van der Waals surface area (Å²) in [4.78, 5) is 12.4. The molecular formula is C24H23ClF3N3O2. The number of aromatic nitrogens is 2. The fourth-order valence-corrected chi connectivity index (χ4v) is 4.46. The first-order valence-electron chi connectivity index (χ1n) is 10.5. The van der Waals surface area contributed by atoms with Crippen LogP contribution in [0.3, 0.4) is 0 Å². The van der Waals surface area contributed by atoms with Gasteiger partial charge in [0, 0.05) is 24.6 Å². The maximum absolute atomic E-state index is 12.8. The van der Waals surface area contributed by atoms with Crippen LogP contribution in [0.1, 0.15) is 30.0 Å². The Kier molecular flexibility index (Phi) is 6.38. The minimum atomic E-state index is -4.86. The maximum atomic E-state index is 12.8. The van der Waals surface area contributed by atoms with Gasteiger partial charge in [0.2, 0.25) is 0 Å². The molecule has 0 aliphatic carbocycles. The molecule has 1 saturated heterocycles. The van der Waals surface area contributed by atoms with Gasteiger partial charge in [0.1, 0.15) is 5.75 Å². The second kappa shape index (κ2) is 9.09. The number of hydrogen-bond donors (Lipinski definition) is 0. The van der Waals surface area contributed by atoms with Crippen molar-refractivity contribution in [1.29, 1.82) is 0 Å². The lowest BCUT2D eigenvalue weighted by molar-refractivity contribution is -0.186. The van der Waals surface area contributed by atoms with Gasteiger partial charge in [-0.15, -0.1) is 0 Å². The molecule has 2 heterocycles. The number of carbonyl (C=O) groups excluding carboxylic acids is 1. The van der Waals surface area contributed by atoms with Crippen molar-refractivity contribution in [1.82, 2.24) is 14.7 Å². The first-order valence-corrected chi connectivity index (χ1v) is 10.9. The first-order chi connectivity index (χ1) is 15.7. The largest absolute Gasteiger partial charge is 0.497 e. The smallest absolute Gasteiger partial charge is 0.471 e. The monoisotopic (exact) mass is 477 g/mol. The Labute approximate surface area is 194 Å². The van der Waals surface area contributed by atoms with Crippen LogP contribution in [-0.4, -0.2) is 47.0 Å². The zero-order valence-corrected chi connectivity index (χ0v) is 19.0. The molecule has 3 aromatic rings. The van der Waals surface area contributed by atoms with Crippen LogP contribution in [0.25, 0.3) is 16.9 Å². The van der Waals surface area contributed by atoms with Crippen molar-refractivity contribution in [3.8, 4) is 22.7 Å². The molecule has 0 unspecified atom stereocenters. The number of carbonyl (C=O) groups is 1. The topological polar surface area (TPSA) is 47.4 Å². The molecule has 1 fully saturated rings. The summed E-state index contributed by atoms with van der Waals surface area (Å²) in [6, 6.07) is 15.3. The van der Waals surface area contributed by atoms with Gasteiger partial charge in [-0.05, 0) is 44.0 Å². The van der Waals surface area contributed by atoms with Crippen molar-refractivity contribution in [3.05, 3.63) is 64.8 Å². The molecule has 1 aliphatic heterocycles. The highest BCUT2D eigenvalue weighted by molar-refractivity contribution is 6.34. The van der Waals surface area contributed by atoms with Gasteiger partial charge in [-0.3, -0.25) is 4.79 Å². The molecule has 33 heavy (non-hydrogen) atoms. The molecular weight excluding hydrogens is 455 g/mol. The Balaban J connectivity index is 1.70. The average molecular weight is 478 g/mol. The fraction of sp³-hybridized carbons (Fsp3) is 0.333. The molecule has 0 N–H and O–H groups in total. The van der Waals surface area contributed by atoms with Crippen LogP contribution in [0.5, 0.6) is 5.75 Å². The minimum absolute atomic E-state index is 0.00853. The third-order valence-corrected chi connectivity index (χ3v) is 6.28. The Bertz CT molecular complexity index is 1130. The number of likely N-dealkylation sites (tertiary alicyclic amines) is 1. The number of amides is 1. The number of alkyl halides is 3. The highest BCUT2D eigenvalue weighted by atomic mass is 35.5. The van der Waals surface area contributed by atoms with E-state index >= 15 is 0 Å². The zero-order valence-electron chi connectivity index (χ0n) is 18.2. The summed E-state index contributed by atoms with van der Waals surface area (Å²) in [5.74, 6) is -1.24. The third-order valence-electron chi connectivity index (χ3n) is 5.91. The van der Waals surface area contributed by atoms with Gasteiger partial charge in [0.05, 0.1) is 29.2 Å². The van der Waals surface area contributed by atoms with Crippen LogP contribution in [0.15, 0.2) is 48.5 Å². The zero-order chi connectivity index (χ0) is 23.8. The van der Waals surface area contributed by atoms with Gasteiger partial charge in [-0.2, -0.15) is 18.3 Å². The SMILES string of the molecule is COc1ccc(-n2nc(C3CCN(C(=O)C(F)(F)F)CC3)c(Cl)c2-c2ccc(C)cc2)cc1. The number of aryl methyl sites for hydroxylation is 1. The van der Waals surface area contributed by atoms with Gasteiger partial charge in [-0.1, -0.05) is 41.4 Å². The van der Waals surface area contributed by atoms with Gasteiger partial charge in [0.25, 0.3) is 0 Å². The van der Waals surface area contributed by atoms with Gasteiger partial charge >= 0.3 is 12.1 Å². The number of rotatable bonds is 4. The van der Waals surface area contributed by atoms with E-state index in [0.717, 1.165) is 21.7 Å². The molecule has 2 aromatic carbocycles. The van der Waals surface area contributed by atoms with Gasteiger partial charge in [-0.25, -0.2) is 4.68 Å². The Morgan fingerprint density at radius 3 is 2.21 bits per heavy atom. The fourth-order valence-electron chi connectivity index (χ4n) is 4.08. The normalized spacial score (nSPS) is 15.0. The van der Waals surface area contributed by atoms with E-state index in [9.17, 15) is 18.0 Å². The van der Waals surface area contributed by atoms with E-state index in [4.69, 9.17) is 21.4 Å².